The Balaban J connectivity index is 3.42. The number of methoxy groups -OCH3 is 1. The molecule has 1 aromatic heterocycles. The molecule has 1 aromatic rings. The lowest BCUT2D eigenvalue weighted by atomic mass is 10.1. The summed E-state index contributed by atoms with van der Waals surface area (Å²) in [5.74, 6) is -1.53. The molecule has 0 saturated carbocycles. The predicted molar refractivity (Wildman–Crippen MR) is 41.1 cm³/mol. The summed E-state index contributed by atoms with van der Waals surface area (Å²) < 4.78 is 42.0. The minimum Gasteiger partial charge on any atom is -0.494 e. The summed E-state index contributed by atoms with van der Waals surface area (Å²) in [6, 6.07) is 0. The molecule has 0 fully saturated rings. The monoisotopic (exact) mass is 205 g/mol. The Morgan fingerprint density at radius 2 is 2.21 bits per heavy atom. The van der Waals surface area contributed by atoms with Gasteiger partial charge in [-0.1, -0.05) is 0 Å². The standard InChI is InChI=1S/C8H6F3NO2/c1-14-5-2-12-8(11)6(7(9)10)4(5)3-13/h2-3,7H,1H3. The Kier molecular flexibility index (Phi) is 3.06. The van der Waals surface area contributed by atoms with E-state index in [1.165, 1.54) is 7.11 Å². The summed E-state index contributed by atoms with van der Waals surface area (Å²) >= 11 is 0. The Morgan fingerprint density at radius 1 is 1.57 bits per heavy atom. The first-order valence-corrected chi connectivity index (χ1v) is 3.57. The van der Waals surface area contributed by atoms with Crippen LogP contribution in [0.15, 0.2) is 6.20 Å². The van der Waals surface area contributed by atoms with Gasteiger partial charge in [-0.15, -0.1) is 0 Å². The zero-order chi connectivity index (χ0) is 10.7. The number of ether oxygens (including phenoxy) is 1. The maximum Gasteiger partial charge on any atom is 0.269 e. The fourth-order valence-electron chi connectivity index (χ4n) is 0.990. The van der Waals surface area contributed by atoms with Crippen molar-refractivity contribution in [2.45, 2.75) is 6.43 Å². The molecule has 1 heterocycles. The quantitative estimate of drug-likeness (QED) is 0.559. The molecule has 14 heavy (non-hydrogen) atoms. The van der Waals surface area contributed by atoms with Crippen LogP contribution in [0.25, 0.3) is 0 Å². The number of nitrogens with zero attached hydrogens (tertiary/aromatic N) is 1. The molecular weight excluding hydrogens is 199 g/mol. The number of carbonyl (C=O) groups excluding carboxylic acids is 1. The van der Waals surface area contributed by atoms with Crippen molar-refractivity contribution >= 4 is 6.29 Å². The molecule has 0 bridgehead atoms. The zero-order valence-corrected chi connectivity index (χ0v) is 7.13. The summed E-state index contributed by atoms with van der Waals surface area (Å²) in [5.41, 5.74) is -1.53. The van der Waals surface area contributed by atoms with Crippen molar-refractivity contribution in [2.24, 2.45) is 0 Å². The molecular formula is C8H6F3NO2. The average molecular weight is 205 g/mol. The van der Waals surface area contributed by atoms with Crippen LogP contribution in [0.2, 0.25) is 0 Å². The molecule has 0 aliphatic rings. The summed E-state index contributed by atoms with van der Waals surface area (Å²) in [6.07, 6.45) is -2.10. The van der Waals surface area contributed by atoms with E-state index >= 15 is 0 Å². The van der Waals surface area contributed by atoms with Gasteiger partial charge in [0, 0.05) is 0 Å². The zero-order valence-electron chi connectivity index (χ0n) is 7.13. The molecule has 0 aliphatic heterocycles. The third kappa shape index (κ3) is 1.68. The number of alkyl halides is 2. The number of rotatable bonds is 3. The lowest BCUT2D eigenvalue weighted by Crippen LogP contribution is -2.03. The second-order valence-electron chi connectivity index (χ2n) is 2.36. The number of aldehydes is 1. The van der Waals surface area contributed by atoms with Gasteiger partial charge in [0.15, 0.2) is 6.29 Å². The van der Waals surface area contributed by atoms with Crippen LogP contribution in [0.4, 0.5) is 13.2 Å². The first-order chi connectivity index (χ1) is 6.61. The highest BCUT2D eigenvalue weighted by Gasteiger charge is 2.22. The molecule has 0 amide bonds. The van der Waals surface area contributed by atoms with E-state index in [1.54, 1.807) is 0 Å². The van der Waals surface area contributed by atoms with Gasteiger partial charge in [-0.25, -0.2) is 13.8 Å². The predicted octanol–water partition coefficient (Wildman–Crippen LogP) is 1.98. The van der Waals surface area contributed by atoms with Crippen molar-refractivity contribution in [3.8, 4) is 5.75 Å². The summed E-state index contributed by atoms with van der Waals surface area (Å²) in [6.45, 7) is 0. The van der Waals surface area contributed by atoms with Crippen LogP contribution in [0.1, 0.15) is 22.3 Å². The minimum atomic E-state index is -3.10. The van der Waals surface area contributed by atoms with Crippen molar-refractivity contribution in [1.29, 1.82) is 0 Å². The van der Waals surface area contributed by atoms with Gasteiger partial charge >= 0.3 is 0 Å². The minimum absolute atomic E-state index is 0.116. The van der Waals surface area contributed by atoms with Crippen LogP contribution in [0.3, 0.4) is 0 Å². The van der Waals surface area contributed by atoms with E-state index in [4.69, 9.17) is 0 Å². The second-order valence-corrected chi connectivity index (χ2v) is 2.36. The summed E-state index contributed by atoms with van der Waals surface area (Å²) in [5, 5.41) is 0. The van der Waals surface area contributed by atoms with Crippen LogP contribution in [-0.2, 0) is 0 Å². The van der Waals surface area contributed by atoms with Crippen LogP contribution in [0, 0.1) is 5.95 Å². The van der Waals surface area contributed by atoms with Gasteiger partial charge in [-0.3, -0.25) is 4.79 Å². The van der Waals surface area contributed by atoms with Gasteiger partial charge in [0.1, 0.15) is 5.75 Å². The van der Waals surface area contributed by atoms with Gasteiger partial charge in [0.25, 0.3) is 6.43 Å². The fraction of sp³-hybridized carbons (Fsp3) is 0.250. The average Bonchev–Trinajstić information content (AvgIpc) is 2.16. The van der Waals surface area contributed by atoms with E-state index in [0.717, 1.165) is 6.20 Å². The number of pyridine rings is 1. The van der Waals surface area contributed by atoms with Crippen LogP contribution >= 0.6 is 0 Å². The Hall–Kier alpha value is -1.59. The largest absolute Gasteiger partial charge is 0.494 e. The fourth-order valence-corrected chi connectivity index (χ4v) is 0.990. The van der Waals surface area contributed by atoms with Crippen LogP contribution in [0.5, 0.6) is 5.75 Å². The lowest BCUT2D eigenvalue weighted by Gasteiger charge is -2.08. The first kappa shape index (κ1) is 10.5. The molecule has 3 nitrogen and oxygen atoms in total. The number of halogens is 3. The van der Waals surface area contributed by atoms with Gasteiger partial charge < -0.3 is 4.74 Å². The number of hydrogen-bond acceptors (Lipinski definition) is 3. The van der Waals surface area contributed by atoms with Crippen molar-refractivity contribution in [3.05, 3.63) is 23.3 Å². The Bertz CT molecular complexity index is 355. The lowest BCUT2D eigenvalue weighted by molar-refractivity contribution is 0.109. The molecule has 1 rings (SSSR count). The maximum atomic E-state index is 12.8. The maximum absolute atomic E-state index is 12.8. The third-order valence-electron chi connectivity index (χ3n) is 1.63. The summed E-state index contributed by atoms with van der Waals surface area (Å²) in [7, 11) is 1.18. The molecule has 0 radical (unpaired) electrons. The van der Waals surface area contributed by atoms with E-state index in [-0.39, 0.29) is 12.0 Å². The van der Waals surface area contributed by atoms with E-state index in [1.807, 2.05) is 0 Å². The normalized spacial score (nSPS) is 10.4. The number of hydrogen-bond donors (Lipinski definition) is 0. The molecule has 0 aliphatic carbocycles. The molecule has 0 spiro atoms. The molecule has 0 aromatic carbocycles. The SMILES string of the molecule is COc1cnc(F)c(C(F)F)c1C=O. The second kappa shape index (κ2) is 4.08. The number of carbonyl (C=O) groups is 1. The molecule has 76 valence electrons. The van der Waals surface area contributed by atoms with Gasteiger partial charge in [-0.2, -0.15) is 4.39 Å². The molecule has 0 atom stereocenters. The molecule has 6 heteroatoms. The van der Waals surface area contributed by atoms with E-state index in [0.29, 0.717) is 0 Å². The van der Waals surface area contributed by atoms with E-state index in [2.05, 4.69) is 9.72 Å². The molecule has 0 N–H and O–H groups in total. The molecule has 0 unspecified atom stereocenters. The van der Waals surface area contributed by atoms with Crippen molar-refractivity contribution in [1.82, 2.24) is 4.98 Å². The van der Waals surface area contributed by atoms with E-state index in [9.17, 15) is 18.0 Å². The van der Waals surface area contributed by atoms with Crippen molar-refractivity contribution < 1.29 is 22.7 Å². The molecule has 0 saturated heterocycles. The topological polar surface area (TPSA) is 39.2 Å². The van der Waals surface area contributed by atoms with Gasteiger partial charge in [0.05, 0.1) is 24.4 Å². The number of aromatic nitrogens is 1. The highest BCUT2D eigenvalue weighted by molar-refractivity contribution is 5.81. The highest BCUT2D eigenvalue weighted by atomic mass is 19.3. The van der Waals surface area contributed by atoms with Crippen LogP contribution < -0.4 is 4.74 Å². The van der Waals surface area contributed by atoms with Crippen LogP contribution in [-0.4, -0.2) is 18.4 Å². The van der Waals surface area contributed by atoms with E-state index < -0.39 is 23.5 Å². The third-order valence-corrected chi connectivity index (χ3v) is 1.63. The Labute approximate surface area is 77.5 Å². The smallest absolute Gasteiger partial charge is 0.269 e. The highest BCUT2D eigenvalue weighted by Crippen LogP contribution is 2.29. The van der Waals surface area contributed by atoms with Gasteiger partial charge in [-0.05, 0) is 0 Å². The summed E-state index contributed by atoms with van der Waals surface area (Å²) in [4.78, 5) is 13.5. The van der Waals surface area contributed by atoms with Crippen molar-refractivity contribution in [2.75, 3.05) is 7.11 Å². The first-order valence-electron chi connectivity index (χ1n) is 3.57. The van der Waals surface area contributed by atoms with Gasteiger partial charge in [0.2, 0.25) is 5.95 Å². The Morgan fingerprint density at radius 3 is 2.64 bits per heavy atom. The van der Waals surface area contributed by atoms with Crippen molar-refractivity contribution in [3.63, 3.8) is 0 Å².